The van der Waals surface area contributed by atoms with Crippen LogP contribution in [0.15, 0.2) is 9.52 Å². The van der Waals surface area contributed by atoms with E-state index in [0.717, 1.165) is 75.9 Å². The molecule has 0 amide bonds. The minimum Gasteiger partial charge on any atom is -0.379 e. The molecule has 2 heterocycles. The van der Waals surface area contributed by atoms with E-state index in [-0.39, 0.29) is 24.0 Å². The van der Waals surface area contributed by atoms with Gasteiger partial charge in [-0.15, -0.1) is 24.0 Å². The predicted octanol–water partition coefficient (Wildman–Crippen LogP) is 2.59. The number of hydrogen-bond acceptors (Lipinski definition) is 5. The normalized spacial score (nSPS) is 17.2. The highest BCUT2D eigenvalue weighted by molar-refractivity contribution is 14.0. The molecule has 2 N–H and O–H groups in total. The first-order valence-electron chi connectivity index (χ1n) is 9.34. The van der Waals surface area contributed by atoms with E-state index in [0.29, 0.717) is 12.7 Å². The molecule has 1 fully saturated rings. The molecule has 0 spiro atoms. The van der Waals surface area contributed by atoms with E-state index >= 15 is 0 Å². The Hall–Kier alpha value is -0.870. The number of aromatic nitrogens is 1. The lowest BCUT2D eigenvalue weighted by molar-refractivity contribution is 0.0171. The van der Waals surface area contributed by atoms with Gasteiger partial charge < -0.3 is 24.6 Å². The van der Waals surface area contributed by atoms with Crippen molar-refractivity contribution in [2.75, 3.05) is 39.5 Å². The number of nitrogens with one attached hydrogen (secondary N) is 2. The first-order valence-corrected chi connectivity index (χ1v) is 9.34. The van der Waals surface area contributed by atoms with Crippen LogP contribution in [0.2, 0.25) is 0 Å². The number of ether oxygens (including phenoxy) is 2. The quantitative estimate of drug-likeness (QED) is 0.232. The maximum absolute atomic E-state index is 5.66. The van der Waals surface area contributed by atoms with Gasteiger partial charge in [-0.25, -0.2) is 0 Å². The van der Waals surface area contributed by atoms with Gasteiger partial charge in [0, 0.05) is 38.4 Å². The van der Waals surface area contributed by atoms with Crippen LogP contribution < -0.4 is 10.6 Å². The summed E-state index contributed by atoms with van der Waals surface area (Å²) in [6, 6.07) is 0. The van der Waals surface area contributed by atoms with Crippen LogP contribution in [-0.2, 0) is 15.9 Å². The molecule has 2 rings (SSSR count). The summed E-state index contributed by atoms with van der Waals surface area (Å²) in [7, 11) is 0. The smallest absolute Gasteiger partial charge is 0.191 e. The molecule has 0 radical (unpaired) electrons. The zero-order chi connectivity index (χ0) is 17.9. The average molecular weight is 480 g/mol. The third kappa shape index (κ3) is 8.22. The Balaban J connectivity index is 0.00000338. The predicted molar refractivity (Wildman–Crippen MR) is 113 cm³/mol. The zero-order valence-corrected chi connectivity index (χ0v) is 18.5. The molecule has 8 heteroatoms. The highest BCUT2D eigenvalue weighted by atomic mass is 127. The van der Waals surface area contributed by atoms with Crippen molar-refractivity contribution in [2.45, 2.75) is 52.6 Å². The summed E-state index contributed by atoms with van der Waals surface area (Å²) in [5.41, 5.74) is 2.13. The first kappa shape index (κ1) is 23.2. The first-order chi connectivity index (χ1) is 12.2. The molecule has 150 valence electrons. The monoisotopic (exact) mass is 480 g/mol. The van der Waals surface area contributed by atoms with Crippen molar-refractivity contribution in [2.24, 2.45) is 4.99 Å². The van der Waals surface area contributed by atoms with E-state index in [1.807, 2.05) is 13.8 Å². The Kier molecular flexibility index (Phi) is 11.9. The number of halogens is 1. The summed E-state index contributed by atoms with van der Waals surface area (Å²) >= 11 is 0. The number of aliphatic imine (C=N–C) groups is 1. The van der Waals surface area contributed by atoms with Crippen molar-refractivity contribution in [3.05, 3.63) is 17.0 Å². The van der Waals surface area contributed by atoms with Crippen molar-refractivity contribution < 1.29 is 14.0 Å². The summed E-state index contributed by atoms with van der Waals surface area (Å²) in [6.07, 6.45) is 4.36. The van der Waals surface area contributed by atoms with E-state index < -0.39 is 0 Å². The minimum absolute atomic E-state index is 0. The van der Waals surface area contributed by atoms with Gasteiger partial charge in [-0.2, -0.15) is 0 Å². The molecule has 1 aliphatic heterocycles. The van der Waals surface area contributed by atoms with Crippen LogP contribution in [0.3, 0.4) is 0 Å². The van der Waals surface area contributed by atoms with Gasteiger partial charge in [0.25, 0.3) is 0 Å². The third-order valence-electron chi connectivity index (χ3n) is 4.24. The van der Waals surface area contributed by atoms with Crippen molar-refractivity contribution in [1.29, 1.82) is 0 Å². The molecule has 1 aromatic rings. The molecule has 7 nitrogen and oxygen atoms in total. The van der Waals surface area contributed by atoms with E-state index in [4.69, 9.17) is 14.0 Å². The second-order valence-corrected chi connectivity index (χ2v) is 6.30. The van der Waals surface area contributed by atoms with Gasteiger partial charge in [-0.05, 0) is 46.5 Å². The van der Waals surface area contributed by atoms with Crippen LogP contribution in [0.5, 0.6) is 0 Å². The van der Waals surface area contributed by atoms with Gasteiger partial charge in [-0.1, -0.05) is 5.16 Å². The van der Waals surface area contributed by atoms with Crippen LogP contribution in [0.1, 0.15) is 43.2 Å². The Labute approximate surface area is 173 Å². The Morgan fingerprint density at radius 1 is 1.35 bits per heavy atom. The summed E-state index contributed by atoms with van der Waals surface area (Å²) in [6.45, 7) is 10.7. The molecule has 0 aromatic carbocycles. The highest BCUT2D eigenvalue weighted by Gasteiger charge is 2.14. The van der Waals surface area contributed by atoms with Gasteiger partial charge in [0.1, 0.15) is 5.76 Å². The summed E-state index contributed by atoms with van der Waals surface area (Å²) < 4.78 is 16.4. The molecular weight excluding hydrogens is 447 g/mol. The largest absolute Gasteiger partial charge is 0.379 e. The lowest BCUT2D eigenvalue weighted by atomic mass is 10.1. The van der Waals surface area contributed by atoms with E-state index in [2.05, 4.69) is 27.7 Å². The van der Waals surface area contributed by atoms with Crippen LogP contribution in [0, 0.1) is 13.8 Å². The van der Waals surface area contributed by atoms with Gasteiger partial charge in [0.15, 0.2) is 5.96 Å². The topological polar surface area (TPSA) is 80.9 Å². The Morgan fingerprint density at radius 2 is 2.19 bits per heavy atom. The van der Waals surface area contributed by atoms with Gasteiger partial charge in [0.2, 0.25) is 0 Å². The maximum Gasteiger partial charge on any atom is 0.191 e. The summed E-state index contributed by atoms with van der Waals surface area (Å²) in [4.78, 5) is 4.59. The fraction of sp³-hybridized carbons (Fsp3) is 0.778. The standard InChI is InChI=1S/C18H32N4O3.HI/c1-4-19-18(21-10-8-17-14(2)22-25-15(17)3)20-9-6-11-23-13-16-7-5-12-24-16;/h16H,4-13H2,1-3H3,(H2,19,20,21);1H. The fourth-order valence-electron chi connectivity index (χ4n) is 2.85. The minimum atomic E-state index is 0. The molecule has 1 saturated heterocycles. The van der Waals surface area contributed by atoms with Crippen LogP contribution >= 0.6 is 24.0 Å². The highest BCUT2D eigenvalue weighted by Crippen LogP contribution is 2.12. The van der Waals surface area contributed by atoms with Crippen LogP contribution in [0.4, 0.5) is 0 Å². The molecule has 1 aliphatic rings. The Morgan fingerprint density at radius 3 is 2.85 bits per heavy atom. The fourth-order valence-corrected chi connectivity index (χ4v) is 2.85. The van der Waals surface area contributed by atoms with Crippen molar-refractivity contribution in [3.8, 4) is 0 Å². The number of nitrogens with zero attached hydrogens (tertiary/aromatic N) is 2. The van der Waals surface area contributed by atoms with E-state index in [1.165, 1.54) is 5.56 Å². The van der Waals surface area contributed by atoms with Crippen molar-refractivity contribution in [1.82, 2.24) is 15.8 Å². The SMILES string of the molecule is CCNC(=NCCCOCC1CCCO1)NCCc1c(C)noc1C.I. The second kappa shape index (κ2) is 13.3. The Bertz CT molecular complexity index is 511. The molecule has 1 aromatic heterocycles. The van der Waals surface area contributed by atoms with Gasteiger partial charge in [-0.3, -0.25) is 4.99 Å². The average Bonchev–Trinajstić information content (AvgIpc) is 3.22. The number of aryl methyl sites for hydroxylation is 2. The lowest BCUT2D eigenvalue weighted by Gasteiger charge is -2.12. The number of guanidine groups is 1. The summed E-state index contributed by atoms with van der Waals surface area (Å²) in [5.74, 6) is 1.73. The van der Waals surface area contributed by atoms with Crippen LogP contribution in [-0.4, -0.2) is 56.7 Å². The number of rotatable bonds is 10. The van der Waals surface area contributed by atoms with E-state index in [9.17, 15) is 0 Å². The van der Waals surface area contributed by atoms with E-state index in [1.54, 1.807) is 0 Å². The molecule has 0 bridgehead atoms. The van der Waals surface area contributed by atoms with Crippen LogP contribution in [0.25, 0.3) is 0 Å². The van der Waals surface area contributed by atoms with Crippen molar-refractivity contribution >= 4 is 29.9 Å². The molecular formula is C18H33IN4O3. The lowest BCUT2D eigenvalue weighted by Crippen LogP contribution is -2.38. The maximum atomic E-state index is 5.66. The van der Waals surface area contributed by atoms with Gasteiger partial charge in [0.05, 0.1) is 18.4 Å². The van der Waals surface area contributed by atoms with Gasteiger partial charge >= 0.3 is 0 Å². The third-order valence-corrected chi connectivity index (χ3v) is 4.24. The number of hydrogen-bond donors (Lipinski definition) is 2. The summed E-state index contributed by atoms with van der Waals surface area (Å²) in [5, 5.41) is 10.6. The molecule has 0 saturated carbocycles. The zero-order valence-electron chi connectivity index (χ0n) is 16.2. The second-order valence-electron chi connectivity index (χ2n) is 6.30. The molecule has 26 heavy (non-hydrogen) atoms. The molecule has 1 atom stereocenters. The molecule has 0 aliphatic carbocycles. The van der Waals surface area contributed by atoms with Crippen molar-refractivity contribution in [3.63, 3.8) is 0 Å². The molecule has 1 unspecified atom stereocenters.